The van der Waals surface area contributed by atoms with Crippen molar-refractivity contribution < 1.29 is 9.53 Å². The normalized spacial score (nSPS) is 14.0. The van der Waals surface area contributed by atoms with E-state index in [0.717, 1.165) is 24.2 Å². The van der Waals surface area contributed by atoms with Crippen molar-refractivity contribution in [3.63, 3.8) is 0 Å². The lowest BCUT2D eigenvalue weighted by atomic mass is 10.3. The highest BCUT2D eigenvalue weighted by Crippen LogP contribution is 2.28. The summed E-state index contributed by atoms with van der Waals surface area (Å²) >= 11 is 0. The van der Waals surface area contributed by atoms with Crippen molar-refractivity contribution in [1.82, 2.24) is 15.3 Å². The van der Waals surface area contributed by atoms with Crippen LogP contribution in [0.3, 0.4) is 0 Å². The zero-order chi connectivity index (χ0) is 13.7. The quantitative estimate of drug-likeness (QED) is 0.722. The van der Waals surface area contributed by atoms with Crippen molar-refractivity contribution >= 4 is 11.7 Å². The Morgan fingerprint density at radius 2 is 2.21 bits per heavy atom. The Morgan fingerprint density at radius 3 is 2.89 bits per heavy atom. The highest BCUT2D eigenvalue weighted by atomic mass is 16.5. The molecule has 0 atom stereocenters. The van der Waals surface area contributed by atoms with Gasteiger partial charge in [-0.15, -0.1) is 0 Å². The van der Waals surface area contributed by atoms with Crippen molar-refractivity contribution in [2.75, 3.05) is 25.0 Å². The van der Waals surface area contributed by atoms with Crippen LogP contribution in [0.2, 0.25) is 0 Å². The van der Waals surface area contributed by atoms with Crippen molar-refractivity contribution in [3.8, 4) is 5.88 Å². The monoisotopic (exact) mass is 264 g/mol. The van der Waals surface area contributed by atoms with Crippen LogP contribution in [0.5, 0.6) is 5.88 Å². The van der Waals surface area contributed by atoms with Gasteiger partial charge in [0.25, 0.3) is 0 Å². The topological polar surface area (TPSA) is 76.1 Å². The number of hydrogen-bond acceptors (Lipinski definition) is 5. The molecule has 1 aliphatic rings. The molecule has 1 saturated carbocycles. The van der Waals surface area contributed by atoms with Crippen LogP contribution >= 0.6 is 0 Å². The highest BCUT2D eigenvalue weighted by Gasteiger charge is 2.28. The van der Waals surface area contributed by atoms with E-state index in [4.69, 9.17) is 4.74 Å². The number of hydrogen-bond donors (Lipinski definition) is 2. The smallest absolute Gasteiger partial charge is 0.223 e. The molecular weight excluding hydrogens is 244 g/mol. The first kappa shape index (κ1) is 13.6. The second-order valence-corrected chi connectivity index (χ2v) is 4.58. The van der Waals surface area contributed by atoms with Gasteiger partial charge in [0.15, 0.2) is 0 Å². The van der Waals surface area contributed by atoms with Crippen LogP contribution in [0.4, 0.5) is 5.82 Å². The number of carbonyl (C=O) groups is 1. The minimum Gasteiger partial charge on any atom is -0.478 e. The van der Waals surface area contributed by atoms with Crippen LogP contribution in [0.1, 0.15) is 25.3 Å². The summed E-state index contributed by atoms with van der Waals surface area (Å²) in [6.45, 7) is 5.65. The fraction of sp³-hybridized carbons (Fsp3) is 0.615. The summed E-state index contributed by atoms with van der Waals surface area (Å²) in [4.78, 5) is 19.7. The Hall–Kier alpha value is -1.85. The van der Waals surface area contributed by atoms with Crippen LogP contribution in [-0.2, 0) is 4.79 Å². The number of aromatic nitrogens is 2. The number of nitrogens with zero attached hydrogens (tertiary/aromatic N) is 2. The zero-order valence-corrected chi connectivity index (χ0v) is 11.4. The molecule has 6 nitrogen and oxygen atoms in total. The van der Waals surface area contributed by atoms with Crippen LogP contribution < -0.4 is 15.4 Å². The molecule has 0 spiro atoms. The highest BCUT2D eigenvalue weighted by molar-refractivity contribution is 5.80. The van der Waals surface area contributed by atoms with E-state index in [9.17, 15) is 4.79 Å². The lowest BCUT2D eigenvalue weighted by Crippen LogP contribution is -2.30. The number of ether oxygens (including phenoxy) is 1. The number of anilines is 1. The van der Waals surface area contributed by atoms with E-state index >= 15 is 0 Å². The third-order valence-electron chi connectivity index (χ3n) is 2.98. The summed E-state index contributed by atoms with van der Waals surface area (Å²) in [5.74, 6) is 1.77. The lowest BCUT2D eigenvalue weighted by molar-refractivity contribution is -0.122. The standard InChI is InChI=1S/C13H20N4O2/c1-3-19-13-9(2)11(16-8-17-13)14-6-7-15-12(18)10-4-5-10/h8,10H,3-7H2,1-2H3,(H,15,18)(H,14,16,17). The van der Waals surface area contributed by atoms with Gasteiger partial charge in [0.05, 0.1) is 12.2 Å². The summed E-state index contributed by atoms with van der Waals surface area (Å²) in [6.07, 6.45) is 3.53. The molecule has 1 amide bonds. The first-order chi connectivity index (χ1) is 9.22. The van der Waals surface area contributed by atoms with E-state index in [1.807, 2.05) is 13.8 Å². The summed E-state index contributed by atoms with van der Waals surface area (Å²) in [7, 11) is 0. The molecule has 1 heterocycles. The molecule has 104 valence electrons. The van der Waals surface area contributed by atoms with Gasteiger partial charge in [-0.05, 0) is 26.7 Å². The molecule has 1 fully saturated rings. The van der Waals surface area contributed by atoms with Gasteiger partial charge in [0.2, 0.25) is 11.8 Å². The summed E-state index contributed by atoms with van der Waals surface area (Å²) in [5, 5.41) is 6.08. The molecule has 0 aromatic carbocycles. The third-order valence-corrected chi connectivity index (χ3v) is 2.98. The average Bonchev–Trinajstić information content (AvgIpc) is 3.23. The average molecular weight is 264 g/mol. The van der Waals surface area contributed by atoms with Crippen molar-refractivity contribution in [3.05, 3.63) is 11.9 Å². The van der Waals surface area contributed by atoms with Crippen molar-refractivity contribution in [2.45, 2.75) is 26.7 Å². The molecule has 0 bridgehead atoms. The summed E-state index contributed by atoms with van der Waals surface area (Å²) < 4.78 is 5.40. The maximum absolute atomic E-state index is 11.4. The molecule has 0 aliphatic heterocycles. The maximum Gasteiger partial charge on any atom is 0.223 e. The lowest BCUT2D eigenvalue weighted by Gasteiger charge is -2.11. The van der Waals surface area contributed by atoms with Crippen molar-refractivity contribution in [1.29, 1.82) is 0 Å². The number of carbonyl (C=O) groups excluding carboxylic acids is 1. The predicted molar refractivity (Wildman–Crippen MR) is 72.2 cm³/mol. The van der Waals surface area contributed by atoms with Crippen LogP contribution in [0, 0.1) is 12.8 Å². The van der Waals surface area contributed by atoms with Crippen LogP contribution in [-0.4, -0.2) is 35.6 Å². The van der Waals surface area contributed by atoms with Crippen molar-refractivity contribution in [2.24, 2.45) is 5.92 Å². The molecule has 19 heavy (non-hydrogen) atoms. The molecular formula is C13H20N4O2. The van der Waals surface area contributed by atoms with Crippen LogP contribution in [0.25, 0.3) is 0 Å². The number of amides is 1. The van der Waals surface area contributed by atoms with Gasteiger partial charge in [-0.3, -0.25) is 4.79 Å². The Morgan fingerprint density at radius 1 is 1.42 bits per heavy atom. The first-order valence-electron chi connectivity index (χ1n) is 6.68. The van der Waals surface area contributed by atoms with Gasteiger partial charge in [-0.1, -0.05) is 0 Å². The number of nitrogens with one attached hydrogen (secondary N) is 2. The molecule has 2 N–H and O–H groups in total. The van der Waals surface area contributed by atoms with Gasteiger partial charge in [0, 0.05) is 19.0 Å². The fourth-order valence-electron chi connectivity index (χ4n) is 1.75. The Labute approximate surface area is 113 Å². The van der Waals surface area contributed by atoms with E-state index in [2.05, 4.69) is 20.6 Å². The van der Waals surface area contributed by atoms with Gasteiger partial charge < -0.3 is 15.4 Å². The molecule has 2 rings (SSSR count). The molecule has 0 unspecified atom stereocenters. The second-order valence-electron chi connectivity index (χ2n) is 4.58. The third kappa shape index (κ3) is 3.81. The molecule has 6 heteroatoms. The largest absolute Gasteiger partial charge is 0.478 e. The Balaban J connectivity index is 1.78. The number of rotatable bonds is 7. The molecule has 0 saturated heterocycles. The molecule has 1 aromatic heterocycles. The van der Waals surface area contributed by atoms with E-state index in [1.54, 1.807) is 0 Å². The maximum atomic E-state index is 11.4. The molecule has 0 radical (unpaired) electrons. The van der Waals surface area contributed by atoms with Gasteiger partial charge in [0.1, 0.15) is 12.1 Å². The fourth-order valence-corrected chi connectivity index (χ4v) is 1.75. The summed E-state index contributed by atoms with van der Waals surface area (Å²) in [6, 6.07) is 0. The van der Waals surface area contributed by atoms with E-state index in [0.29, 0.717) is 25.6 Å². The van der Waals surface area contributed by atoms with Gasteiger partial charge in [-0.25, -0.2) is 9.97 Å². The second kappa shape index (κ2) is 6.36. The SMILES string of the molecule is CCOc1ncnc(NCCNC(=O)C2CC2)c1C. The van der Waals surface area contributed by atoms with Gasteiger partial charge >= 0.3 is 0 Å². The van der Waals surface area contributed by atoms with E-state index < -0.39 is 0 Å². The Bertz CT molecular complexity index is 446. The minimum atomic E-state index is 0.163. The predicted octanol–water partition coefficient (Wildman–Crippen LogP) is 1.12. The van der Waals surface area contributed by atoms with Crippen LogP contribution in [0.15, 0.2) is 6.33 Å². The minimum absolute atomic E-state index is 0.163. The zero-order valence-electron chi connectivity index (χ0n) is 11.4. The van der Waals surface area contributed by atoms with Gasteiger partial charge in [-0.2, -0.15) is 0 Å². The first-order valence-corrected chi connectivity index (χ1v) is 6.68. The summed E-state index contributed by atoms with van der Waals surface area (Å²) in [5.41, 5.74) is 0.887. The Kier molecular flexibility index (Phi) is 4.54. The van der Waals surface area contributed by atoms with E-state index in [1.165, 1.54) is 6.33 Å². The molecule has 1 aromatic rings. The van der Waals surface area contributed by atoms with E-state index in [-0.39, 0.29) is 11.8 Å². The molecule has 1 aliphatic carbocycles.